The van der Waals surface area contributed by atoms with Crippen LogP contribution in [-0.4, -0.2) is 16.5 Å². The molecule has 1 spiro atoms. The number of anilines is 1. The van der Waals surface area contributed by atoms with Gasteiger partial charge in [0.25, 0.3) is 0 Å². The highest BCUT2D eigenvalue weighted by Gasteiger charge is 2.42. The van der Waals surface area contributed by atoms with Crippen molar-refractivity contribution in [3.05, 3.63) is 60.3 Å². The van der Waals surface area contributed by atoms with Gasteiger partial charge in [0.1, 0.15) is 6.33 Å². The largest absolute Gasteiger partial charge is 0.447 e. The minimum Gasteiger partial charge on any atom is -0.447 e. The highest BCUT2D eigenvalue weighted by molar-refractivity contribution is 5.67. The fraction of sp³-hybridized carbons (Fsp3) is 0.143. The molecule has 0 saturated carbocycles. The molecule has 4 rings (SSSR count). The number of nitrogens with one attached hydrogen (secondary N) is 1. The van der Waals surface area contributed by atoms with Crippen molar-refractivity contribution in [1.29, 1.82) is 0 Å². The Hall–Kier alpha value is -2.36. The Bertz CT molecular complexity index is 653. The van der Waals surface area contributed by atoms with Gasteiger partial charge in [-0.1, -0.05) is 18.2 Å². The van der Waals surface area contributed by atoms with Crippen LogP contribution in [0.15, 0.2) is 49.1 Å². The topological polar surface area (TPSA) is 47.0 Å². The molecule has 0 radical (unpaired) electrons. The van der Waals surface area contributed by atoms with Gasteiger partial charge in [0.15, 0.2) is 0 Å². The zero-order valence-electron chi connectivity index (χ0n) is 9.63. The van der Waals surface area contributed by atoms with Crippen LogP contribution in [0.5, 0.6) is 5.88 Å². The zero-order valence-corrected chi connectivity index (χ0v) is 9.63. The molecule has 0 amide bonds. The average Bonchev–Trinajstić information content (AvgIpc) is 2.80. The monoisotopic (exact) mass is 237 g/mol. The van der Waals surface area contributed by atoms with E-state index in [0.29, 0.717) is 5.88 Å². The molecule has 4 heteroatoms. The van der Waals surface area contributed by atoms with E-state index >= 15 is 0 Å². The van der Waals surface area contributed by atoms with Gasteiger partial charge in [0, 0.05) is 24.0 Å². The van der Waals surface area contributed by atoms with Gasteiger partial charge in [-0.3, -0.25) is 0 Å². The van der Waals surface area contributed by atoms with E-state index in [4.69, 9.17) is 4.74 Å². The van der Waals surface area contributed by atoms with E-state index in [1.807, 2.05) is 12.3 Å². The summed E-state index contributed by atoms with van der Waals surface area (Å²) in [5.41, 5.74) is 3.23. The summed E-state index contributed by atoms with van der Waals surface area (Å²) >= 11 is 0. The van der Waals surface area contributed by atoms with Crippen molar-refractivity contribution in [2.75, 3.05) is 11.9 Å². The minimum atomic E-state index is -0.203. The lowest BCUT2D eigenvalue weighted by Crippen LogP contribution is -2.30. The second kappa shape index (κ2) is 3.32. The molecular formula is C14H11N3O. The predicted molar refractivity (Wildman–Crippen MR) is 67.5 cm³/mol. The molecule has 0 fully saturated rings. The third kappa shape index (κ3) is 1.09. The minimum absolute atomic E-state index is 0.203. The molecular weight excluding hydrogens is 226 g/mol. The Morgan fingerprint density at radius 2 is 2.17 bits per heavy atom. The van der Waals surface area contributed by atoms with Gasteiger partial charge >= 0.3 is 0 Å². The van der Waals surface area contributed by atoms with Crippen molar-refractivity contribution in [1.82, 2.24) is 9.97 Å². The number of para-hydroxylation sites is 1. The summed E-state index contributed by atoms with van der Waals surface area (Å²) in [7, 11) is 0. The van der Waals surface area contributed by atoms with Gasteiger partial charge in [-0.2, -0.15) is 0 Å². The van der Waals surface area contributed by atoms with Crippen molar-refractivity contribution in [2.24, 2.45) is 0 Å². The number of hydrogen-bond donors (Lipinski definition) is 1. The number of fused-ring (bicyclic) bond motifs is 4. The molecule has 0 saturated heterocycles. The van der Waals surface area contributed by atoms with E-state index < -0.39 is 0 Å². The summed E-state index contributed by atoms with van der Waals surface area (Å²) in [6.45, 7) is 0.812. The Morgan fingerprint density at radius 1 is 1.22 bits per heavy atom. The third-order valence-corrected chi connectivity index (χ3v) is 3.65. The maximum absolute atomic E-state index is 5.47. The molecule has 1 atom stereocenters. The van der Waals surface area contributed by atoms with E-state index in [9.17, 15) is 0 Å². The van der Waals surface area contributed by atoms with E-state index in [1.54, 1.807) is 6.26 Å². The molecule has 4 nitrogen and oxygen atoms in total. The van der Waals surface area contributed by atoms with Gasteiger partial charge < -0.3 is 10.1 Å². The molecule has 1 N–H and O–H groups in total. The van der Waals surface area contributed by atoms with E-state index in [0.717, 1.165) is 12.1 Å². The summed E-state index contributed by atoms with van der Waals surface area (Å²) in [6.07, 6.45) is 7.16. The Labute approximate surface area is 104 Å². The molecule has 18 heavy (non-hydrogen) atoms. The van der Waals surface area contributed by atoms with Crippen LogP contribution in [-0.2, 0) is 5.41 Å². The van der Waals surface area contributed by atoms with Gasteiger partial charge in [-0.05, 0) is 17.7 Å². The standard InChI is InChI=1S/C14H11N3O/c1-2-4-12-10(3-1)14(8-16-12)5-6-18-13-11(14)7-15-9-17-13/h1-7,9,16H,8H2. The van der Waals surface area contributed by atoms with Gasteiger partial charge in [-0.15, -0.1) is 0 Å². The maximum atomic E-state index is 5.47. The first-order valence-electron chi connectivity index (χ1n) is 5.88. The van der Waals surface area contributed by atoms with Gasteiger partial charge in [0.2, 0.25) is 5.88 Å². The third-order valence-electron chi connectivity index (χ3n) is 3.65. The predicted octanol–water partition coefficient (Wildman–Crippen LogP) is 2.09. The van der Waals surface area contributed by atoms with Gasteiger partial charge in [0.05, 0.1) is 11.7 Å². The van der Waals surface area contributed by atoms with Crippen LogP contribution in [0, 0.1) is 0 Å². The molecule has 1 unspecified atom stereocenters. The number of ether oxygens (including phenoxy) is 1. The SMILES string of the molecule is C1=CC2(CNc3ccccc32)c2cncnc2O1. The summed E-state index contributed by atoms with van der Waals surface area (Å²) in [6, 6.07) is 8.33. The molecule has 3 heterocycles. The molecule has 1 aromatic carbocycles. The summed E-state index contributed by atoms with van der Waals surface area (Å²) in [5.74, 6) is 0.644. The highest BCUT2D eigenvalue weighted by atomic mass is 16.5. The van der Waals surface area contributed by atoms with Crippen LogP contribution in [0.3, 0.4) is 0 Å². The van der Waals surface area contributed by atoms with Crippen molar-refractivity contribution < 1.29 is 4.74 Å². The zero-order chi connectivity index (χ0) is 12.0. The highest BCUT2D eigenvalue weighted by Crippen LogP contribution is 2.46. The van der Waals surface area contributed by atoms with Crippen LogP contribution in [0.1, 0.15) is 11.1 Å². The van der Waals surface area contributed by atoms with Crippen LogP contribution in [0.25, 0.3) is 0 Å². The number of benzene rings is 1. The normalized spacial score (nSPS) is 23.1. The molecule has 2 aromatic rings. The number of aromatic nitrogens is 2. The lowest BCUT2D eigenvalue weighted by atomic mass is 9.76. The average molecular weight is 237 g/mol. The van der Waals surface area contributed by atoms with E-state index in [2.05, 4.69) is 39.6 Å². The lowest BCUT2D eigenvalue weighted by Gasteiger charge is -2.29. The van der Waals surface area contributed by atoms with E-state index in [1.165, 1.54) is 17.6 Å². The van der Waals surface area contributed by atoms with Crippen molar-refractivity contribution in [3.8, 4) is 5.88 Å². The molecule has 2 aliphatic heterocycles. The van der Waals surface area contributed by atoms with Crippen LogP contribution in [0.2, 0.25) is 0 Å². The number of nitrogens with zero attached hydrogens (tertiary/aromatic N) is 2. The van der Waals surface area contributed by atoms with Gasteiger partial charge in [-0.25, -0.2) is 9.97 Å². The van der Waals surface area contributed by atoms with Crippen LogP contribution in [0.4, 0.5) is 5.69 Å². The summed E-state index contributed by atoms with van der Waals surface area (Å²) in [4.78, 5) is 8.34. The molecule has 2 aliphatic rings. The second-order valence-electron chi connectivity index (χ2n) is 4.53. The molecule has 88 valence electrons. The number of rotatable bonds is 0. The Kier molecular flexibility index (Phi) is 1.78. The fourth-order valence-corrected chi connectivity index (χ4v) is 2.77. The Balaban J connectivity index is 2.01. The van der Waals surface area contributed by atoms with E-state index in [-0.39, 0.29) is 5.41 Å². The van der Waals surface area contributed by atoms with Crippen molar-refractivity contribution in [3.63, 3.8) is 0 Å². The first-order chi connectivity index (χ1) is 8.90. The first kappa shape index (κ1) is 9.65. The molecule has 0 aliphatic carbocycles. The molecule has 0 bridgehead atoms. The summed E-state index contributed by atoms with van der Waals surface area (Å²) < 4.78 is 5.47. The fourth-order valence-electron chi connectivity index (χ4n) is 2.77. The lowest BCUT2D eigenvalue weighted by molar-refractivity contribution is 0.418. The van der Waals surface area contributed by atoms with Crippen LogP contribution < -0.4 is 10.1 Å². The first-order valence-corrected chi connectivity index (χ1v) is 5.88. The molecule has 1 aromatic heterocycles. The van der Waals surface area contributed by atoms with Crippen molar-refractivity contribution in [2.45, 2.75) is 5.41 Å². The Morgan fingerprint density at radius 3 is 3.17 bits per heavy atom. The quantitative estimate of drug-likeness (QED) is 0.762. The second-order valence-corrected chi connectivity index (χ2v) is 4.53. The number of hydrogen-bond acceptors (Lipinski definition) is 4. The smallest absolute Gasteiger partial charge is 0.225 e. The maximum Gasteiger partial charge on any atom is 0.225 e. The van der Waals surface area contributed by atoms with Crippen molar-refractivity contribution >= 4 is 5.69 Å². The summed E-state index contributed by atoms with van der Waals surface area (Å²) in [5, 5.41) is 3.44. The van der Waals surface area contributed by atoms with Crippen LogP contribution >= 0.6 is 0 Å².